The normalized spacial score (nSPS) is 12.2. The fourth-order valence-corrected chi connectivity index (χ4v) is 0.585. The van der Waals surface area contributed by atoms with Crippen LogP contribution in [0.1, 0.15) is 19.8 Å². The van der Waals surface area contributed by atoms with Crippen molar-refractivity contribution in [2.75, 3.05) is 0 Å². The Bertz CT molecular complexity index is 195. The fourth-order valence-electron chi connectivity index (χ4n) is 0.351. The van der Waals surface area contributed by atoms with Gasteiger partial charge >= 0.3 is 10.3 Å². The van der Waals surface area contributed by atoms with Crippen LogP contribution < -0.4 is 5.14 Å². The van der Waals surface area contributed by atoms with E-state index in [1.54, 1.807) is 6.08 Å². The van der Waals surface area contributed by atoms with E-state index >= 15 is 0 Å². The highest BCUT2D eigenvalue weighted by Gasteiger charge is 1.94. The van der Waals surface area contributed by atoms with Crippen molar-refractivity contribution in [2.45, 2.75) is 19.8 Å². The number of allylic oxidation sites excluding steroid dienone is 1. The van der Waals surface area contributed by atoms with E-state index in [-0.39, 0.29) is 0 Å². The van der Waals surface area contributed by atoms with Crippen LogP contribution in [0.15, 0.2) is 12.3 Å². The van der Waals surface area contributed by atoms with Crippen LogP contribution in [0.25, 0.3) is 0 Å². The SMILES string of the molecule is CCCC=COS(N)(=O)=O. The molecular weight excluding hydrogens is 154 g/mol. The van der Waals surface area contributed by atoms with Crippen LogP contribution in [-0.2, 0) is 14.5 Å². The Labute approximate surface area is 60.9 Å². The molecule has 0 aliphatic rings. The summed E-state index contributed by atoms with van der Waals surface area (Å²) >= 11 is 0. The zero-order valence-electron chi connectivity index (χ0n) is 5.78. The number of unbranched alkanes of at least 4 members (excludes halogenated alkanes) is 1. The van der Waals surface area contributed by atoms with E-state index in [1.807, 2.05) is 6.92 Å². The molecule has 0 rings (SSSR count). The highest BCUT2D eigenvalue weighted by atomic mass is 32.2. The Morgan fingerprint density at radius 2 is 2.20 bits per heavy atom. The second-order valence-corrected chi connectivity index (χ2v) is 2.93. The minimum atomic E-state index is -3.79. The van der Waals surface area contributed by atoms with Crippen LogP contribution in [0.5, 0.6) is 0 Å². The summed E-state index contributed by atoms with van der Waals surface area (Å²) in [5.74, 6) is 0. The summed E-state index contributed by atoms with van der Waals surface area (Å²) in [6.07, 6.45) is 4.42. The molecule has 0 atom stereocenters. The van der Waals surface area contributed by atoms with Crippen LogP contribution in [0, 0.1) is 0 Å². The molecule has 0 saturated carbocycles. The summed E-state index contributed by atoms with van der Waals surface area (Å²) in [7, 11) is -3.79. The van der Waals surface area contributed by atoms with Crippen LogP contribution in [0.2, 0.25) is 0 Å². The molecule has 0 fully saturated rings. The third-order valence-corrected chi connectivity index (χ3v) is 1.12. The summed E-state index contributed by atoms with van der Waals surface area (Å²) in [5.41, 5.74) is 0. The molecule has 60 valence electrons. The first kappa shape index (κ1) is 9.45. The molecule has 0 amide bonds. The van der Waals surface area contributed by atoms with Crippen LogP contribution in [-0.4, -0.2) is 8.42 Å². The van der Waals surface area contributed by atoms with Crippen LogP contribution in [0.4, 0.5) is 0 Å². The first-order valence-corrected chi connectivity index (χ1v) is 4.39. The summed E-state index contributed by atoms with van der Waals surface area (Å²) in [6, 6.07) is 0. The number of rotatable bonds is 4. The maximum Gasteiger partial charge on any atom is 0.379 e. The zero-order valence-corrected chi connectivity index (χ0v) is 6.60. The van der Waals surface area contributed by atoms with Gasteiger partial charge in [0.2, 0.25) is 0 Å². The summed E-state index contributed by atoms with van der Waals surface area (Å²) < 4.78 is 24.3. The van der Waals surface area contributed by atoms with Gasteiger partial charge in [-0.05, 0) is 12.5 Å². The van der Waals surface area contributed by atoms with Crippen molar-refractivity contribution in [3.8, 4) is 0 Å². The maximum atomic E-state index is 10.1. The molecular formula is C5H11NO3S. The lowest BCUT2D eigenvalue weighted by Crippen LogP contribution is -2.12. The third-order valence-electron chi connectivity index (χ3n) is 0.741. The minimum Gasteiger partial charge on any atom is -0.379 e. The Hall–Kier alpha value is -0.550. The Morgan fingerprint density at radius 1 is 1.60 bits per heavy atom. The van der Waals surface area contributed by atoms with E-state index in [0.717, 1.165) is 19.1 Å². The zero-order chi connectivity index (χ0) is 8.04. The van der Waals surface area contributed by atoms with Crippen molar-refractivity contribution in [3.05, 3.63) is 12.3 Å². The minimum absolute atomic E-state index is 0.787. The van der Waals surface area contributed by atoms with Crippen molar-refractivity contribution in [1.29, 1.82) is 0 Å². The van der Waals surface area contributed by atoms with Crippen molar-refractivity contribution in [1.82, 2.24) is 0 Å². The van der Waals surface area contributed by atoms with Gasteiger partial charge in [0.25, 0.3) is 0 Å². The van der Waals surface area contributed by atoms with Gasteiger partial charge in [-0.2, -0.15) is 13.6 Å². The second kappa shape index (κ2) is 4.29. The summed E-state index contributed by atoms with van der Waals surface area (Å²) in [6.45, 7) is 1.97. The van der Waals surface area contributed by atoms with E-state index in [4.69, 9.17) is 0 Å². The molecule has 0 radical (unpaired) electrons. The van der Waals surface area contributed by atoms with E-state index < -0.39 is 10.3 Å². The molecule has 0 unspecified atom stereocenters. The predicted octanol–water partition coefficient (Wildman–Crippen LogP) is 0.520. The summed E-state index contributed by atoms with van der Waals surface area (Å²) in [4.78, 5) is 0. The average Bonchev–Trinajstić information content (AvgIpc) is 1.78. The second-order valence-electron chi connectivity index (χ2n) is 1.75. The van der Waals surface area contributed by atoms with Gasteiger partial charge in [0.1, 0.15) is 6.26 Å². The molecule has 0 aliphatic heterocycles. The Kier molecular flexibility index (Phi) is 4.06. The molecule has 4 nitrogen and oxygen atoms in total. The average molecular weight is 165 g/mol. The van der Waals surface area contributed by atoms with E-state index in [2.05, 4.69) is 9.32 Å². The smallest absolute Gasteiger partial charge is 0.379 e. The van der Waals surface area contributed by atoms with Gasteiger partial charge in [0.05, 0.1) is 0 Å². The van der Waals surface area contributed by atoms with Gasteiger partial charge in [0, 0.05) is 0 Å². The maximum absolute atomic E-state index is 10.1. The molecule has 0 bridgehead atoms. The molecule has 0 spiro atoms. The van der Waals surface area contributed by atoms with E-state index in [1.165, 1.54) is 0 Å². The van der Waals surface area contributed by atoms with E-state index in [0.29, 0.717) is 0 Å². The Balaban J connectivity index is 3.55. The van der Waals surface area contributed by atoms with Gasteiger partial charge < -0.3 is 4.18 Å². The molecule has 0 aliphatic carbocycles. The van der Waals surface area contributed by atoms with Crippen molar-refractivity contribution >= 4 is 10.3 Å². The highest BCUT2D eigenvalue weighted by molar-refractivity contribution is 7.84. The molecule has 2 N–H and O–H groups in total. The molecule has 10 heavy (non-hydrogen) atoms. The standard InChI is InChI=1S/C5H11NO3S/c1-2-3-4-5-9-10(6,7)8/h4-5H,2-3H2,1H3,(H2,6,7,8). The quantitative estimate of drug-likeness (QED) is 0.617. The Morgan fingerprint density at radius 3 is 2.60 bits per heavy atom. The largest absolute Gasteiger partial charge is 0.379 e. The number of hydrogen-bond donors (Lipinski definition) is 1. The van der Waals surface area contributed by atoms with Crippen molar-refractivity contribution < 1.29 is 12.6 Å². The molecule has 0 heterocycles. The molecule has 0 aromatic rings. The molecule has 0 saturated heterocycles. The molecule has 0 aromatic heterocycles. The van der Waals surface area contributed by atoms with Gasteiger partial charge in [-0.25, -0.2) is 0 Å². The van der Waals surface area contributed by atoms with Crippen molar-refractivity contribution in [3.63, 3.8) is 0 Å². The molecule has 0 aromatic carbocycles. The monoisotopic (exact) mass is 165 g/mol. The van der Waals surface area contributed by atoms with Crippen LogP contribution >= 0.6 is 0 Å². The van der Waals surface area contributed by atoms with Gasteiger partial charge in [-0.15, -0.1) is 0 Å². The van der Waals surface area contributed by atoms with Gasteiger partial charge in [0.15, 0.2) is 0 Å². The predicted molar refractivity (Wildman–Crippen MR) is 38.2 cm³/mol. The van der Waals surface area contributed by atoms with Gasteiger partial charge in [-0.1, -0.05) is 13.3 Å². The highest BCUT2D eigenvalue weighted by Crippen LogP contribution is 1.90. The topological polar surface area (TPSA) is 69.4 Å². The first-order valence-electron chi connectivity index (χ1n) is 2.92. The van der Waals surface area contributed by atoms with E-state index in [9.17, 15) is 8.42 Å². The van der Waals surface area contributed by atoms with Gasteiger partial charge in [-0.3, -0.25) is 0 Å². The lowest BCUT2D eigenvalue weighted by molar-refractivity contribution is 0.443. The fraction of sp³-hybridized carbons (Fsp3) is 0.600. The summed E-state index contributed by atoms with van der Waals surface area (Å²) in [5, 5.41) is 4.52. The van der Waals surface area contributed by atoms with Crippen molar-refractivity contribution in [2.24, 2.45) is 5.14 Å². The molecule has 5 heteroatoms. The number of nitrogens with two attached hydrogens (primary N) is 1. The lowest BCUT2D eigenvalue weighted by Gasteiger charge is -1.92. The third kappa shape index (κ3) is 7.45. The van der Waals surface area contributed by atoms with Crippen LogP contribution in [0.3, 0.4) is 0 Å². The number of hydrogen-bond acceptors (Lipinski definition) is 3. The lowest BCUT2D eigenvalue weighted by atomic mass is 10.3. The first-order chi connectivity index (χ1) is 4.56.